The molecule has 2 unspecified atom stereocenters. The first-order valence-electron chi connectivity index (χ1n) is 7.05. The summed E-state index contributed by atoms with van der Waals surface area (Å²) < 4.78 is 14.4. The second kappa shape index (κ2) is 10.2. The van der Waals surface area contributed by atoms with Crippen molar-refractivity contribution in [3.05, 3.63) is 35.9 Å². The van der Waals surface area contributed by atoms with Crippen molar-refractivity contribution in [3.63, 3.8) is 0 Å². The second-order valence-electron chi connectivity index (χ2n) is 4.76. The highest BCUT2D eigenvalue weighted by Gasteiger charge is 2.22. The Balaban J connectivity index is 2.38. The molecular formula is C15H20N2O7. The molecule has 2 atom stereocenters. The van der Waals surface area contributed by atoms with Gasteiger partial charge in [-0.1, -0.05) is 30.3 Å². The molecule has 132 valence electrons. The molecule has 0 fully saturated rings. The van der Waals surface area contributed by atoms with Gasteiger partial charge in [-0.2, -0.15) is 0 Å². The molecule has 0 radical (unpaired) electrons. The Bertz CT molecular complexity index is 550. The minimum absolute atomic E-state index is 0.00703. The SMILES string of the molecule is COC(=O)C(N)COCC(NC(=O)OCc1ccccc1)C(=O)O. The predicted molar refractivity (Wildman–Crippen MR) is 82.0 cm³/mol. The van der Waals surface area contributed by atoms with E-state index in [1.54, 1.807) is 24.3 Å². The first-order valence-corrected chi connectivity index (χ1v) is 7.05. The number of aliphatic carboxylic acids is 1. The van der Waals surface area contributed by atoms with E-state index in [9.17, 15) is 14.4 Å². The van der Waals surface area contributed by atoms with E-state index >= 15 is 0 Å². The average molecular weight is 340 g/mol. The van der Waals surface area contributed by atoms with Crippen molar-refractivity contribution in [1.29, 1.82) is 0 Å². The number of carboxylic acid groups (broad SMARTS) is 1. The van der Waals surface area contributed by atoms with E-state index in [0.29, 0.717) is 0 Å². The molecule has 0 spiro atoms. The Morgan fingerprint density at radius 2 is 1.88 bits per heavy atom. The maximum Gasteiger partial charge on any atom is 0.408 e. The van der Waals surface area contributed by atoms with Crippen LogP contribution in [-0.2, 0) is 30.4 Å². The number of amides is 1. The number of ether oxygens (including phenoxy) is 3. The summed E-state index contributed by atoms with van der Waals surface area (Å²) in [5, 5.41) is 11.2. The predicted octanol–water partition coefficient (Wildman–Crippen LogP) is -0.117. The largest absolute Gasteiger partial charge is 0.480 e. The Morgan fingerprint density at radius 1 is 1.21 bits per heavy atom. The molecule has 1 aromatic carbocycles. The summed E-state index contributed by atoms with van der Waals surface area (Å²) in [6, 6.07) is 6.55. The van der Waals surface area contributed by atoms with Crippen LogP contribution < -0.4 is 11.1 Å². The van der Waals surface area contributed by atoms with E-state index < -0.39 is 30.1 Å². The lowest BCUT2D eigenvalue weighted by molar-refractivity contribution is -0.144. The molecule has 0 saturated heterocycles. The fourth-order valence-electron chi connectivity index (χ4n) is 1.61. The van der Waals surface area contributed by atoms with Gasteiger partial charge < -0.3 is 30.4 Å². The third-order valence-corrected chi connectivity index (χ3v) is 2.89. The van der Waals surface area contributed by atoms with E-state index in [4.69, 9.17) is 20.3 Å². The van der Waals surface area contributed by atoms with Crippen LogP contribution in [0.1, 0.15) is 5.56 Å². The first-order chi connectivity index (χ1) is 11.4. The molecule has 0 aliphatic heterocycles. The van der Waals surface area contributed by atoms with Gasteiger partial charge in [0.2, 0.25) is 0 Å². The highest BCUT2D eigenvalue weighted by atomic mass is 16.6. The average Bonchev–Trinajstić information content (AvgIpc) is 2.58. The van der Waals surface area contributed by atoms with E-state index in [-0.39, 0.29) is 19.8 Å². The number of carbonyl (C=O) groups is 3. The van der Waals surface area contributed by atoms with Gasteiger partial charge in [-0.3, -0.25) is 4.79 Å². The highest BCUT2D eigenvalue weighted by molar-refractivity contribution is 5.80. The van der Waals surface area contributed by atoms with E-state index in [0.717, 1.165) is 5.56 Å². The molecule has 0 saturated carbocycles. The maximum atomic E-state index is 11.6. The van der Waals surface area contributed by atoms with Gasteiger partial charge in [-0.05, 0) is 5.56 Å². The van der Waals surface area contributed by atoms with Crippen LogP contribution in [0.3, 0.4) is 0 Å². The van der Waals surface area contributed by atoms with Gasteiger partial charge in [0.05, 0.1) is 20.3 Å². The molecule has 1 rings (SSSR count). The topological polar surface area (TPSA) is 137 Å². The number of benzene rings is 1. The third-order valence-electron chi connectivity index (χ3n) is 2.89. The smallest absolute Gasteiger partial charge is 0.408 e. The van der Waals surface area contributed by atoms with Crippen LogP contribution in [0.4, 0.5) is 4.79 Å². The van der Waals surface area contributed by atoms with Crippen LogP contribution in [-0.4, -0.2) is 55.5 Å². The summed E-state index contributed by atoms with van der Waals surface area (Å²) in [5.74, 6) is -1.99. The fraction of sp³-hybridized carbons (Fsp3) is 0.400. The zero-order valence-corrected chi connectivity index (χ0v) is 13.1. The number of esters is 1. The molecular weight excluding hydrogens is 320 g/mol. The van der Waals surface area contributed by atoms with Gasteiger partial charge in [-0.25, -0.2) is 9.59 Å². The molecule has 0 aromatic heterocycles. The molecule has 1 aromatic rings. The molecule has 9 nitrogen and oxygen atoms in total. The molecule has 24 heavy (non-hydrogen) atoms. The highest BCUT2D eigenvalue weighted by Crippen LogP contribution is 2.01. The minimum atomic E-state index is -1.34. The molecule has 4 N–H and O–H groups in total. The Kier molecular flexibility index (Phi) is 8.23. The minimum Gasteiger partial charge on any atom is -0.480 e. The third kappa shape index (κ3) is 7.07. The van der Waals surface area contributed by atoms with Crippen LogP contribution in [0, 0.1) is 0 Å². The molecule has 0 heterocycles. The molecule has 9 heteroatoms. The summed E-state index contributed by atoms with van der Waals surface area (Å²) in [5.41, 5.74) is 6.21. The molecule has 0 aliphatic carbocycles. The normalized spacial score (nSPS) is 12.8. The van der Waals surface area contributed by atoms with Crippen molar-refractivity contribution in [3.8, 4) is 0 Å². The summed E-state index contributed by atoms with van der Waals surface area (Å²) in [7, 11) is 1.17. The standard InChI is InChI=1S/C15H20N2O7/c1-22-14(20)11(16)8-23-9-12(13(18)19)17-15(21)24-7-10-5-3-2-4-6-10/h2-6,11-12H,7-9,16H2,1H3,(H,17,21)(H,18,19). The van der Waals surface area contributed by atoms with E-state index in [1.165, 1.54) is 7.11 Å². The summed E-state index contributed by atoms with van der Waals surface area (Å²) in [4.78, 5) is 33.8. The molecule has 0 aliphatic rings. The summed E-state index contributed by atoms with van der Waals surface area (Å²) >= 11 is 0. The van der Waals surface area contributed by atoms with E-state index in [2.05, 4.69) is 10.1 Å². The van der Waals surface area contributed by atoms with Gasteiger partial charge in [-0.15, -0.1) is 0 Å². The maximum absolute atomic E-state index is 11.6. The number of methoxy groups -OCH3 is 1. The van der Waals surface area contributed by atoms with Crippen LogP contribution in [0.15, 0.2) is 30.3 Å². The van der Waals surface area contributed by atoms with Crippen LogP contribution in [0.2, 0.25) is 0 Å². The quantitative estimate of drug-likeness (QED) is 0.529. The second-order valence-corrected chi connectivity index (χ2v) is 4.76. The van der Waals surface area contributed by atoms with Gasteiger partial charge in [0.25, 0.3) is 0 Å². The number of carbonyl (C=O) groups excluding carboxylic acids is 2. The lowest BCUT2D eigenvalue weighted by Gasteiger charge is -2.16. The number of carboxylic acids is 1. The Hall–Kier alpha value is -2.65. The monoisotopic (exact) mass is 340 g/mol. The number of hydrogen-bond acceptors (Lipinski definition) is 7. The number of hydrogen-bond donors (Lipinski definition) is 3. The Morgan fingerprint density at radius 3 is 2.46 bits per heavy atom. The van der Waals surface area contributed by atoms with Crippen molar-refractivity contribution < 1.29 is 33.7 Å². The van der Waals surface area contributed by atoms with Gasteiger partial charge in [0.1, 0.15) is 12.6 Å². The van der Waals surface area contributed by atoms with Gasteiger partial charge in [0.15, 0.2) is 6.04 Å². The van der Waals surface area contributed by atoms with E-state index in [1.807, 2.05) is 6.07 Å². The van der Waals surface area contributed by atoms with Crippen LogP contribution >= 0.6 is 0 Å². The van der Waals surface area contributed by atoms with Crippen molar-refractivity contribution in [2.24, 2.45) is 5.73 Å². The fourth-order valence-corrected chi connectivity index (χ4v) is 1.61. The summed E-state index contributed by atoms with van der Waals surface area (Å²) in [6.07, 6.45) is -0.896. The lowest BCUT2D eigenvalue weighted by Crippen LogP contribution is -2.45. The molecule has 1 amide bonds. The van der Waals surface area contributed by atoms with Crippen molar-refractivity contribution >= 4 is 18.0 Å². The number of rotatable bonds is 9. The number of nitrogens with one attached hydrogen (secondary N) is 1. The zero-order valence-electron chi connectivity index (χ0n) is 13.1. The van der Waals surface area contributed by atoms with Crippen LogP contribution in [0.25, 0.3) is 0 Å². The van der Waals surface area contributed by atoms with Crippen LogP contribution in [0.5, 0.6) is 0 Å². The van der Waals surface area contributed by atoms with Gasteiger partial charge in [0, 0.05) is 0 Å². The van der Waals surface area contributed by atoms with Crippen molar-refractivity contribution in [1.82, 2.24) is 5.32 Å². The zero-order chi connectivity index (χ0) is 17.9. The first kappa shape index (κ1) is 19.4. The Labute approximate surface area is 138 Å². The number of nitrogens with two attached hydrogens (primary N) is 1. The van der Waals surface area contributed by atoms with Gasteiger partial charge >= 0.3 is 18.0 Å². The summed E-state index contributed by atoms with van der Waals surface area (Å²) in [6.45, 7) is -0.606. The molecule has 0 bridgehead atoms. The lowest BCUT2D eigenvalue weighted by atomic mass is 10.2. The van der Waals surface area contributed by atoms with Crippen molar-refractivity contribution in [2.75, 3.05) is 20.3 Å². The number of alkyl carbamates (subject to hydrolysis) is 1. The van der Waals surface area contributed by atoms with Crippen molar-refractivity contribution in [2.45, 2.75) is 18.7 Å².